The standard InChI is InChI=1S/C25H29N5O5S/c1-4-35-24(31)22-17(2)27-25(28-23(22)18-8-6-5-7-9-18)29-12-14-30(15-13-29)36(32,33)19-10-11-20(26)21(16-19)34-3/h5-11,16H,4,12-15,26H2,1-3H3. The average Bonchev–Trinajstić information content (AvgIpc) is 2.89. The molecule has 0 spiro atoms. The van der Waals surface area contributed by atoms with E-state index in [0.29, 0.717) is 47.4 Å². The number of rotatable bonds is 7. The molecule has 0 aliphatic carbocycles. The van der Waals surface area contributed by atoms with Crippen LogP contribution in [0.5, 0.6) is 5.75 Å². The molecule has 2 aromatic carbocycles. The molecule has 1 fully saturated rings. The molecule has 1 aliphatic heterocycles. The van der Waals surface area contributed by atoms with Crippen LogP contribution in [0, 0.1) is 6.92 Å². The fourth-order valence-electron chi connectivity index (χ4n) is 4.08. The summed E-state index contributed by atoms with van der Waals surface area (Å²) >= 11 is 0. The lowest BCUT2D eigenvalue weighted by molar-refractivity contribution is 0.0525. The van der Waals surface area contributed by atoms with Crippen LogP contribution in [0.15, 0.2) is 53.4 Å². The molecule has 190 valence electrons. The first kappa shape index (κ1) is 25.4. The van der Waals surface area contributed by atoms with E-state index in [4.69, 9.17) is 20.2 Å². The molecule has 36 heavy (non-hydrogen) atoms. The molecule has 0 radical (unpaired) electrons. The van der Waals surface area contributed by atoms with Crippen molar-refractivity contribution in [3.8, 4) is 17.0 Å². The minimum atomic E-state index is -3.73. The molecular formula is C25H29N5O5S. The fraction of sp³-hybridized carbons (Fsp3) is 0.320. The number of anilines is 2. The van der Waals surface area contributed by atoms with Crippen molar-refractivity contribution in [1.29, 1.82) is 0 Å². The smallest absolute Gasteiger partial charge is 0.342 e. The van der Waals surface area contributed by atoms with Gasteiger partial charge in [0.05, 0.1) is 35.7 Å². The van der Waals surface area contributed by atoms with Gasteiger partial charge in [-0.25, -0.2) is 23.2 Å². The number of carbonyl (C=O) groups is 1. The highest BCUT2D eigenvalue weighted by atomic mass is 32.2. The zero-order chi connectivity index (χ0) is 25.9. The number of aromatic nitrogens is 2. The van der Waals surface area contributed by atoms with Crippen LogP contribution in [0.1, 0.15) is 23.0 Å². The van der Waals surface area contributed by atoms with Crippen molar-refractivity contribution in [2.24, 2.45) is 0 Å². The molecule has 3 aromatic rings. The number of benzene rings is 2. The summed E-state index contributed by atoms with van der Waals surface area (Å²) in [5.41, 5.74) is 8.29. The quantitative estimate of drug-likeness (QED) is 0.376. The Morgan fingerprint density at radius 3 is 2.39 bits per heavy atom. The Bertz CT molecular complexity index is 1360. The van der Waals surface area contributed by atoms with Crippen molar-refractivity contribution in [2.75, 3.05) is 50.5 Å². The Balaban J connectivity index is 1.60. The van der Waals surface area contributed by atoms with E-state index in [9.17, 15) is 13.2 Å². The topological polar surface area (TPSA) is 128 Å². The monoisotopic (exact) mass is 511 g/mol. The highest BCUT2D eigenvalue weighted by molar-refractivity contribution is 7.89. The van der Waals surface area contributed by atoms with Crippen LogP contribution in [-0.4, -0.2) is 68.6 Å². The lowest BCUT2D eigenvalue weighted by Crippen LogP contribution is -2.49. The van der Waals surface area contributed by atoms with Crippen LogP contribution in [0.2, 0.25) is 0 Å². The third kappa shape index (κ3) is 4.98. The highest BCUT2D eigenvalue weighted by Gasteiger charge is 2.31. The molecule has 1 saturated heterocycles. The molecular weight excluding hydrogens is 482 g/mol. The first-order valence-electron chi connectivity index (χ1n) is 11.6. The molecule has 0 bridgehead atoms. The molecule has 10 nitrogen and oxygen atoms in total. The van der Waals surface area contributed by atoms with E-state index in [0.717, 1.165) is 5.56 Å². The van der Waals surface area contributed by atoms with Gasteiger partial charge in [0.2, 0.25) is 16.0 Å². The molecule has 2 heterocycles. The maximum Gasteiger partial charge on any atom is 0.342 e. The van der Waals surface area contributed by atoms with Crippen LogP contribution < -0.4 is 15.4 Å². The maximum atomic E-state index is 13.2. The first-order valence-corrected chi connectivity index (χ1v) is 13.0. The van der Waals surface area contributed by atoms with Crippen LogP contribution in [0.25, 0.3) is 11.3 Å². The molecule has 0 atom stereocenters. The van der Waals surface area contributed by atoms with Crippen LogP contribution in [0.4, 0.5) is 11.6 Å². The largest absolute Gasteiger partial charge is 0.495 e. The molecule has 11 heteroatoms. The van der Waals surface area contributed by atoms with E-state index in [1.165, 1.54) is 29.6 Å². The normalized spacial score (nSPS) is 14.5. The second kappa shape index (κ2) is 10.5. The van der Waals surface area contributed by atoms with Crippen molar-refractivity contribution in [1.82, 2.24) is 14.3 Å². The number of nitrogen functional groups attached to an aromatic ring is 1. The SMILES string of the molecule is CCOC(=O)c1c(C)nc(N2CCN(S(=O)(=O)c3ccc(N)c(OC)c3)CC2)nc1-c1ccccc1. The van der Waals surface area contributed by atoms with Crippen LogP contribution in [-0.2, 0) is 14.8 Å². The Morgan fingerprint density at radius 2 is 1.75 bits per heavy atom. The lowest BCUT2D eigenvalue weighted by Gasteiger charge is -2.34. The zero-order valence-electron chi connectivity index (χ0n) is 20.5. The summed E-state index contributed by atoms with van der Waals surface area (Å²) < 4.78 is 38.3. The van der Waals surface area contributed by atoms with Gasteiger partial charge in [-0.2, -0.15) is 4.31 Å². The second-order valence-corrected chi connectivity index (χ2v) is 10.2. The van der Waals surface area contributed by atoms with Gasteiger partial charge in [0, 0.05) is 37.8 Å². The maximum absolute atomic E-state index is 13.2. The number of esters is 1. The summed E-state index contributed by atoms with van der Waals surface area (Å²) in [5.74, 6) is 0.273. The number of aryl methyl sites for hydroxylation is 1. The van der Waals surface area contributed by atoms with Gasteiger partial charge in [-0.1, -0.05) is 30.3 Å². The first-order chi connectivity index (χ1) is 17.3. The number of sulfonamides is 1. The van der Waals surface area contributed by atoms with Gasteiger partial charge in [0.25, 0.3) is 0 Å². The summed E-state index contributed by atoms with van der Waals surface area (Å²) in [7, 11) is -2.29. The fourth-order valence-corrected chi connectivity index (χ4v) is 5.52. The predicted octanol–water partition coefficient (Wildman–Crippen LogP) is 2.73. The van der Waals surface area contributed by atoms with Crippen LogP contribution in [0.3, 0.4) is 0 Å². The van der Waals surface area contributed by atoms with Gasteiger partial charge in [-0.15, -0.1) is 0 Å². The van der Waals surface area contributed by atoms with Gasteiger partial charge in [0.1, 0.15) is 11.3 Å². The van der Waals surface area contributed by atoms with E-state index in [1.807, 2.05) is 35.2 Å². The number of methoxy groups -OCH3 is 1. The third-order valence-corrected chi connectivity index (χ3v) is 7.86. The minimum Gasteiger partial charge on any atom is -0.495 e. The third-order valence-electron chi connectivity index (χ3n) is 5.97. The Labute approximate surface area is 210 Å². The van der Waals surface area contributed by atoms with E-state index in [1.54, 1.807) is 13.8 Å². The van der Waals surface area contributed by atoms with Gasteiger partial charge < -0.3 is 20.1 Å². The summed E-state index contributed by atoms with van der Waals surface area (Å²) in [6.07, 6.45) is 0. The summed E-state index contributed by atoms with van der Waals surface area (Å²) in [6, 6.07) is 13.8. The number of carbonyl (C=O) groups excluding carboxylic acids is 1. The van der Waals surface area contributed by atoms with Crippen molar-refractivity contribution in [3.63, 3.8) is 0 Å². The number of hydrogen-bond donors (Lipinski definition) is 1. The Kier molecular flexibility index (Phi) is 7.41. The van der Waals surface area contributed by atoms with Crippen LogP contribution >= 0.6 is 0 Å². The van der Waals surface area contributed by atoms with Gasteiger partial charge in [-0.05, 0) is 26.0 Å². The minimum absolute atomic E-state index is 0.124. The number of hydrogen-bond acceptors (Lipinski definition) is 9. The Morgan fingerprint density at radius 1 is 1.06 bits per heavy atom. The zero-order valence-corrected chi connectivity index (χ0v) is 21.3. The molecule has 1 aromatic heterocycles. The number of piperazine rings is 1. The van der Waals surface area contributed by atoms with Crippen molar-refractivity contribution >= 4 is 27.6 Å². The van der Waals surface area contributed by atoms with E-state index >= 15 is 0 Å². The summed E-state index contributed by atoms with van der Waals surface area (Å²) in [5, 5.41) is 0. The number of ether oxygens (including phenoxy) is 2. The van der Waals surface area contributed by atoms with Gasteiger partial charge >= 0.3 is 5.97 Å². The highest BCUT2D eigenvalue weighted by Crippen LogP contribution is 2.29. The molecule has 0 saturated carbocycles. The van der Waals surface area contributed by atoms with Crippen molar-refractivity contribution in [3.05, 3.63) is 59.8 Å². The second-order valence-electron chi connectivity index (χ2n) is 8.21. The molecule has 0 unspecified atom stereocenters. The Hall–Kier alpha value is -3.70. The average molecular weight is 512 g/mol. The van der Waals surface area contributed by atoms with Crippen molar-refractivity contribution < 1.29 is 22.7 Å². The summed E-state index contributed by atoms with van der Waals surface area (Å²) in [4.78, 5) is 24.0. The van der Waals surface area contributed by atoms with E-state index in [-0.39, 0.29) is 24.6 Å². The predicted molar refractivity (Wildman–Crippen MR) is 137 cm³/mol. The van der Waals surface area contributed by atoms with Gasteiger partial charge in [0.15, 0.2) is 0 Å². The van der Waals surface area contributed by atoms with E-state index < -0.39 is 16.0 Å². The number of nitrogens with two attached hydrogens (primary N) is 1. The number of nitrogens with zero attached hydrogens (tertiary/aromatic N) is 4. The van der Waals surface area contributed by atoms with Gasteiger partial charge in [-0.3, -0.25) is 0 Å². The molecule has 1 aliphatic rings. The molecule has 2 N–H and O–H groups in total. The summed E-state index contributed by atoms with van der Waals surface area (Å²) in [6.45, 7) is 5.01. The van der Waals surface area contributed by atoms with E-state index in [2.05, 4.69) is 4.98 Å². The molecule has 0 amide bonds. The van der Waals surface area contributed by atoms with Crippen molar-refractivity contribution in [2.45, 2.75) is 18.7 Å². The lowest BCUT2D eigenvalue weighted by atomic mass is 10.0. The molecule has 4 rings (SSSR count).